The number of aromatic nitrogens is 1. The maximum Gasteiger partial charge on any atom is 0.338 e. The number of allylic oxidation sites excluding steroid dienone is 1. The maximum absolute atomic E-state index is 14.1. The van der Waals surface area contributed by atoms with Crippen LogP contribution in [0.1, 0.15) is 36.6 Å². The molecule has 13 heteroatoms. The van der Waals surface area contributed by atoms with Crippen LogP contribution in [0.5, 0.6) is 23.0 Å². The topological polar surface area (TPSA) is 97.6 Å². The Balaban J connectivity index is 1.59. The van der Waals surface area contributed by atoms with Crippen LogP contribution < -0.4 is 33.8 Å². The summed E-state index contributed by atoms with van der Waals surface area (Å²) < 4.78 is 30.6. The van der Waals surface area contributed by atoms with Crippen molar-refractivity contribution in [2.75, 3.05) is 27.9 Å². The lowest BCUT2D eigenvalue weighted by molar-refractivity contribution is -0.139. The van der Waals surface area contributed by atoms with Crippen molar-refractivity contribution in [3.63, 3.8) is 0 Å². The minimum Gasteiger partial charge on any atom is -0.493 e. The lowest BCUT2D eigenvalue weighted by Gasteiger charge is -2.25. The summed E-state index contributed by atoms with van der Waals surface area (Å²) in [5.41, 5.74) is 2.46. The molecule has 2 heterocycles. The highest BCUT2D eigenvalue weighted by Gasteiger charge is 2.34. The van der Waals surface area contributed by atoms with E-state index in [2.05, 4.69) is 20.9 Å². The van der Waals surface area contributed by atoms with E-state index >= 15 is 0 Å². The van der Waals surface area contributed by atoms with Gasteiger partial charge in [0.25, 0.3) is 5.56 Å². The van der Waals surface area contributed by atoms with Crippen molar-refractivity contribution in [1.82, 2.24) is 4.57 Å². The maximum atomic E-state index is 14.1. The van der Waals surface area contributed by atoms with E-state index < -0.39 is 12.0 Å². The SMILES string of the molecule is CCOC(=O)C1=C(C)N=c2sc(=Cc3cc(Br)c(OCc4ccc(Cl)cc4Cl)c(OC)c3)c(=O)n2C1c1ccc(OC)c(OC)c1. The van der Waals surface area contributed by atoms with Gasteiger partial charge in [0.2, 0.25) is 0 Å². The molecule has 1 atom stereocenters. The van der Waals surface area contributed by atoms with Crippen LogP contribution >= 0.6 is 50.5 Å². The van der Waals surface area contributed by atoms with Gasteiger partial charge in [-0.1, -0.05) is 46.7 Å². The fourth-order valence-electron chi connectivity index (χ4n) is 5.03. The van der Waals surface area contributed by atoms with Crippen LogP contribution in [-0.4, -0.2) is 38.5 Å². The van der Waals surface area contributed by atoms with E-state index in [1.807, 2.05) is 6.07 Å². The van der Waals surface area contributed by atoms with Gasteiger partial charge >= 0.3 is 5.97 Å². The van der Waals surface area contributed by atoms with Gasteiger partial charge in [-0.05, 0) is 83.4 Å². The summed E-state index contributed by atoms with van der Waals surface area (Å²) in [5, 5.41) is 1.02. The third-order valence-electron chi connectivity index (χ3n) is 7.18. The van der Waals surface area contributed by atoms with Gasteiger partial charge in [0.15, 0.2) is 27.8 Å². The molecule has 0 saturated heterocycles. The first kappa shape index (κ1) is 33.6. The number of methoxy groups -OCH3 is 3. The Bertz CT molecular complexity index is 2040. The zero-order valence-corrected chi connectivity index (χ0v) is 29.4. The fraction of sp³-hybridized carbons (Fsp3) is 0.242. The van der Waals surface area contributed by atoms with Crippen LogP contribution in [0.2, 0.25) is 10.0 Å². The van der Waals surface area contributed by atoms with Crippen molar-refractivity contribution in [1.29, 1.82) is 0 Å². The van der Waals surface area contributed by atoms with Gasteiger partial charge in [-0.2, -0.15) is 0 Å². The predicted molar refractivity (Wildman–Crippen MR) is 181 cm³/mol. The zero-order chi connectivity index (χ0) is 33.1. The number of fused-ring (bicyclic) bond motifs is 1. The minimum atomic E-state index is -0.811. The van der Waals surface area contributed by atoms with Crippen molar-refractivity contribution in [3.05, 3.63) is 111 Å². The molecule has 1 unspecified atom stereocenters. The Morgan fingerprint density at radius 3 is 2.43 bits per heavy atom. The Hall–Kier alpha value is -3.77. The van der Waals surface area contributed by atoms with E-state index in [9.17, 15) is 9.59 Å². The summed E-state index contributed by atoms with van der Waals surface area (Å²) in [6.07, 6.45) is 1.74. The Labute approximate surface area is 287 Å². The second-order valence-electron chi connectivity index (χ2n) is 9.98. The van der Waals surface area contributed by atoms with E-state index in [0.29, 0.717) is 63.7 Å². The average Bonchev–Trinajstić information content (AvgIpc) is 3.33. The highest BCUT2D eigenvalue weighted by atomic mass is 79.9. The first-order valence-corrected chi connectivity index (χ1v) is 16.3. The van der Waals surface area contributed by atoms with E-state index in [0.717, 1.165) is 5.56 Å². The predicted octanol–water partition coefficient (Wildman–Crippen LogP) is 6.47. The molecule has 5 rings (SSSR count). The van der Waals surface area contributed by atoms with Gasteiger partial charge in [-0.3, -0.25) is 9.36 Å². The molecule has 1 aliphatic rings. The summed E-state index contributed by atoms with van der Waals surface area (Å²) in [6, 6.07) is 13.2. The molecule has 0 fully saturated rings. The Kier molecular flexibility index (Phi) is 10.5. The number of halogens is 3. The Morgan fingerprint density at radius 2 is 1.76 bits per heavy atom. The highest BCUT2D eigenvalue weighted by molar-refractivity contribution is 9.10. The van der Waals surface area contributed by atoms with Crippen LogP contribution in [0, 0.1) is 0 Å². The van der Waals surface area contributed by atoms with Crippen LogP contribution in [-0.2, 0) is 16.1 Å². The average molecular weight is 748 g/mol. The third-order valence-corrected chi connectivity index (χ3v) is 9.34. The first-order chi connectivity index (χ1) is 22.1. The van der Waals surface area contributed by atoms with Crippen LogP contribution in [0.15, 0.2) is 74.1 Å². The lowest BCUT2D eigenvalue weighted by atomic mass is 9.95. The first-order valence-electron chi connectivity index (χ1n) is 14.0. The van der Waals surface area contributed by atoms with Crippen LogP contribution in [0.25, 0.3) is 6.08 Å². The molecule has 46 heavy (non-hydrogen) atoms. The summed E-state index contributed by atoms with van der Waals surface area (Å²) >= 11 is 17.1. The quantitative estimate of drug-likeness (QED) is 0.172. The van der Waals surface area contributed by atoms with Gasteiger partial charge < -0.3 is 23.7 Å². The van der Waals surface area contributed by atoms with E-state index in [-0.39, 0.29) is 24.3 Å². The summed E-state index contributed by atoms with van der Waals surface area (Å²) in [7, 11) is 4.59. The Morgan fingerprint density at radius 1 is 1.02 bits per heavy atom. The number of benzene rings is 3. The molecule has 3 aromatic carbocycles. The number of nitrogens with zero attached hydrogens (tertiary/aromatic N) is 2. The number of carbonyl (C=O) groups excluding carboxylic acids is 1. The molecule has 0 radical (unpaired) electrons. The molecule has 0 amide bonds. The number of hydrogen-bond donors (Lipinski definition) is 0. The number of rotatable bonds is 10. The lowest BCUT2D eigenvalue weighted by Crippen LogP contribution is -2.40. The van der Waals surface area contributed by atoms with Crippen molar-refractivity contribution in [2.45, 2.75) is 26.5 Å². The molecule has 0 bridgehead atoms. The standard InChI is InChI=1S/C33H29BrCl2N2O7S/c1-6-44-32(40)28-17(2)37-33-38(29(28)19-8-10-24(41-3)25(14-19)42-4)31(39)27(46-33)13-18-11-22(34)30(26(12-18)43-5)45-16-20-7-9-21(35)15-23(20)36/h7-15,29H,6,16H2,1-5H3. The monoisotopic (exact) mass is 746 g/mol. The molecular formula is C33H29BrCl2N2O7S. The van der Waals surface area contributed by atoms with Crippen molar-refractivity contribution >= 4 is 62.5 Å². The van der Waals surface area contributed by atoms with Gasteiger partial charge in [0.05, 0.1) is 54.3 Å². The number of carbonyl (C=O) groups is 1. The van der Waals surface area contributed by atoms with E-state index in [4.69, 9.17) is 46.9 Å². The van der Waals surface area contributed by atoms with Gasteiger partial charge in [-0.15, -0.1) is 0 Å². The van der Waals surface area contributed by atoms with Gasteiger partial charge in [0, 0.05) is 15.6 Å². The second kappa shape index (κ2) is 14.3. The molecule has 9 nitrogen and oxygen atoms in total. The summed E-state index contributed by atoms with van der Waals surface area (Å²) in [5.74, 6) is 1.33. The highest BCUT2D eigenvalue weighted by Crippen LogP contribution is 2.39. The minimum absolute atomic E-state index is 0.168. The van der Waals surface area contributed by atoms with Crippen LogP contribution in [0.4, 0.5) is 0 Å². The smallest absolute Gasteiger partial charge is 0.338 e. The van der Waals surface area contributed by atoms with Crippen LogP contribution in [0.3, 0.4) is 0 Å². The largest absolute Gasteiger partial charge is 0.493 e. The van der Waals surface area contributed by atoms with Gasteiger partial charge in [0.1, 0.15) is 6.61 Å². The number of ether oxygens (including phenoxy) is 5. The molecule has 1 aliphatic heterocycles. The molecule has 0 saturated carbocycles. The van der Waals surface area contributed by atoms with E-state index in [1.165, 1.54) is 37.2 Å². The molecule has 0 spiro atoms. The number of esters is 1. The third kappa shape index (κ3) is 6.69. The zero-order valence-electron chi connectivity index (χ0n) is 25.5. The molecule has 0 aliphatic carbocycles. The molecule has 4 aromatic rings. The normalized spacial score (nSPS) is 14.4. The molecule has 1 aromatic heterocycles. The van der Waals surface area contributed by atoms with Crippen molar-refractivity contribution in [3.8, 4) is 23.0 Å². The van der Waals surface area contributed by atoms with Crippen molar-refractivity contribution in [2.24, 2.45) is 4.99 Å². The fourth-order valence-corrected chi connectivity index (χ4v) is 7.12. The summed E-state index contributed by atoms with van der Waals surface area (Å²) in [6.45, 7) is 3.81. The number of hydrogen-bond acceptors (Lipinski definition) is 9. The van der Waals surface area contributed by atoms with Crippen molar-refractivity contribution < 1.29 is 28.5 Å². The van der Waals surface area contributed by atoms with E-state index in [1.54, 1.807) is 62.4 Å². The molecule has 0 N–H and O–H groups in total. The van der Waals surface area contributed by atoms with Gasteiger partial charge in [-0.25, -0.2) is 9.79 Å². The molecule has 240 valence electrons. The summed E-state index contributed by atoms with van der Waals surface area (Å²) in [4.78, 5) is 32.4. The second-order valence-corrected chi connectivity index (χ2v) is 12.7. The number of thiazole rings is 1. The molecular weight excluding hydrogens is 719 g/mol.